The van der Waals surface area contributed by atoms with Gasteiger partial charge in [-0.3, -0.25) is 14.6 Å². The Balaban J connectivity index is 1.95. The highest BCUT2D eigenvalue weighted by atomic mass is 16.2. The number of amides is 1. The molecule has 0 aromatic carbocycles. The number of nitrogens with one attached hydrogen (secondary N) is 1. The Morgan fingerprint density at radius 1 is 1.37 bits per heavy atom. The fraction of sp³-hybridized carbons (Fsp3) is 0.214. The number of pyridine rings is 2. The van der Waals surface area contributed by atoms with Gasteiger partial charge in [-0.1, -0.05) is 12.1 Å². The molecule has 5 nitrogen and oxygen atoms in total. The highest BCUT2D eigenvalue weighted by Crippen LogP contribution is 1.94. The van der Waals surface area contributed by atoms with Gasteiger partial charge in [0.15, 0.2) is 0 Å². The van der Waals surface area contributed by atoms with Crippen LogP contribution in [0.5, 0.6) is 0 Å². The number of nitrogens with zero attached hydrogens (tertiary/aromatic N) is 2. The Hall–Kier alpha value is -2.43. The van der Waals surface area contributed by atoms with Crippen molar-refractivity contribution in [1.29, 1.82) is 0 Å². The van der Waals surface area contributed by atoms with E-state index in [9.17, 15) is 9.59 Å². The molecule has 0 aliphatic rings. The molecule has 2 rings (SSSR count). The minimum atomic E-state index is -0.198. The van der Waals surface area contributed by atoms with Gasteiger partial charge in [0.05, 0.1) is 0 Å². The molecule has 2 heterocycles. The van der Waals surface area contributed by atoms with E-state index >= 15 is 0 Å². The van der Waals surface area contributed by atoms with Crippen LogP contribution < -0.4 is 10.9 Å². The van der Waals surface area contributed by atoms with Gasteiger partial charge in [-0.05, 0) is 24.6 Å². The third kappa shape index (κ3) is 3.51. The van der Waals surface area contributed by atoms with Crippen molar-refractivity contribution in [2.45, 2.75) is 20.0 Å². The van der Waals surface area contributed by atoms with E-state index < -0.39 is 0 Å². The molecule has 0 aliphatic heterocycles. The normalized spacial score (nSPS) is 10.2. The molecule has 0 saturated heterocycles. The number of rotatable bonds is 4. The van der Waals surface area contributed by atoms with Crippen molar-refractivity contribution < 1.29 is 4.79 Å². The predicted octanol–water partition coefficient (Wildman–Crippen LogP) is 0.868. The molecule has 0 saturated carbocycles. The van der Waals surface area contributed by atoms with Crippen LogP contribution in [0, 0.1) is 6.92 Å². The van der Waals surface area contributed by atoms with Crippen molar-refractivity contribution in [2.75, 3.05) is 0 Å². The summed E-state index contributed by atoms with van der Waals surface area (Å²) in [5, 5.41) is 2.76. The summed E-state index contributed by atoms with van der Waals surface area (Å²) < 4.78 is 1.40. The lowest BCUT2D eigenvalue weighted by atomic mass is 10.3. The zero-order chi connectivity index (χ0) is 13.7. The van der Waals surface area contributed by atoms with E-state index in [1.807, 2.05) is 12.1 Å². The predicted molar refractivity (Wildman–Crippen MR) is 71.5 cm³/mol. The first-order valence-electron chi connectivity index (χ1n) is 5.98. The second-order valence-electron chi connectivity index (χ2n) is 4.26. The summed E-state index contributed by atoms with van der Waals surface area (Å²) in [6.07, 6.45) is 4.98. The minimum Gasteiger partial charge on any atom is -0.350 e. The van der Waals surface area contributed by atoms with Crippen molar-refractivity contribution in [1.82, 2.24) is 14.9 Å². The van der Waals surface area contributed by atoms with E-state index in [2.05, 4.69) is 10.3 Å². The molecule has 0 aliphatic carbocycles. The van der Waals surface area contributed by atoms with Crippen LogP contribution in [0.15, 0.2) is 47.7 Å². The van der Waals surface area contributed by atoms with Gasteiger partial charge in [-0.2, -0.15) is 0 Å². The number of carbonyl (C=O) groups excluding carboxylic acids is 1. The molecule has 0 unspecified atom stereocenters. The van der Waals surface area contributed by atoms with Crippen molar-refractivity contribution in [3.05, 3.63) is 64.3 Å². The largest absolute Gasteiger partial charge is 0.350 e. The van der Waals surface area contributed by atoms with Gasteiger partial charge < -0.3 is 9.88 Å². The fourth-order valence-electron chi connectivity index (χ4n) is 1.70. The second kappa shape index (κ2) is 5.95. The average Bonchev–Trinajstić information content (AvgIpc) is 2.43. The number of aromatic nitrogens is 2. The summed E-state index contributed by atoms with van der Waals surface area (Å²) in [4.78, 5) is 27.5. The van der Waals surface area contributed by atoms with Crippen LogP contribution in [0.4, 0.5) is 0 Å². The topological polar surface area (TPSA) is 64.0 Å². The summed E-state index contributed by atoms with van der Waals surface area (Å²) in [7, 11) is 0. The summed E-state index contributed by atoms with van der Waals surface area (Å²) in [5.74, 6) is -0.198. The van der Waals surface area contributed by atoms with Crippen molar-refractivity contribution in [2.24, 2.45) is 0 Å². The maximum atomic E-state index is 11.8. The number of hydrogen-bond acceptors (Lipinski definition) is 3. The van der Waals surface area contributed by atoms with Crippen LogP contribution in [0.2, 0.25) is 0 Å². The van der Waals surface area contributed by atoms with E-state index in [1.165, 1.54) is 4.57 Å². The quantitative estimate of drug-likeness (QED) is 0.884. The smallest absolute Gasteiger partial charge is 0.253 e. The third-order valence-corrected chi connectivity index (χ3v) is 2.74. The highest BCUT2D eigenvalue weighted by molar-refractivity contribution is 5.75. The lowest BCUT2D eigenvalue weighted by molar-refractivity contribution is -0.121. The van der Waals surface area contributed by atoms with Crippen molar-refractivity contribution in [3.8, 4) is 0 Å². The monoisotopic (exact) mass is 257 g/mol. The molecular weight excluding hydrogens is 242 g/mol. The molecule has 98 valence electrons. The Labute approximate surface area is 110 Å². The van der Waals surface area contributed by atoms with Crippen LogP contribution >= 0.6 is 0 Å². The van der Waals surface area contributed by atoms with Crippen LogP contribution in [0.1, 0.15) is 11.1 Å². The molecule has 5 heteroatoms. The minimum absolute atomic E-state index is 0.0285. The van der Waals surface area contributed by atoms with E-state index in [0.29, 0.717) is 12.1 Å². The molecule has 0 fully saturated rings. The summed E-state index contributed by atoms with van der Waals surface area (Å²) in [5.41, 5.74) is 1.41. The van der Waals surface area contributed by atoms with Gasteiger partial charge >= 0.3 is 0 Å². The SMILES string of the molecule is Cc1cccn(CC(=O)NCc2cccnc2)c1=O. The average molecular weight is 257 g/mol. The molecule has 0 bridgehead atoms. The van der Waals surface area contributed by atoms with Crippen LogP contribution in [-0.4, -0.2) is 15.5 Å². The lowest BCUT2D eigenvalue weighted by Gasteiger charge is -2.07. The van der Waals surface area contributed by atoms with Gasteiger partial charge in [0, 0.05) is 30.7 Å². The van der Waals surface area contributed by atoms with E-state index in [1.54, 1.807) is 37.6 Å². The molecule has 0 spiro atoms. The van der Waals surface area contributed by atoms with E-state index in [0.717, 1.165) is 5.56 Å². The summed E-state index contributed by atoms with van der Waals surface area (Å²) in [6, 6.07) is 7.18. The van der Waals surface area contributed by atoms with E-state index in [-0.39, 0.29) is 18.0 Å². The zero-order valence-corrected chi connectivity index (χ0v) is 10.7. The third-order valence-electron chi connectivity index (χ3n) is 2.74. The van der Waals surface area contributed by atoms with Crippen molar-refractivity contribution >= 4 is 5.91 Å². The Kier molecular flexibility index (Phi) is 4.07. The molecule has 2 aromatic heterocycles. The first-order chi connectivity index (χ1) is 9.16. The molecular formula is C14H15N3O2. The first-order valence-corrected chi connectivity index (χ1v) is 5.98. The van der Waals surface area contributed by atoms with Crippen LogP contribution in [-0.2, 0) is 17.9 Å². The molecule has 19 heavy (non-hydrogen) atoms. The van der Waals surface area contributed by atoms with Gasteiger partial charge in [0.1, 0.15) is 6.54 Å². The maximum Gasteiger partial charge on any atom is 0.253 e. The molecule has 1 N–H and O–H groups in total. The molecule has 1 amide bonds. The van der Waals surface area contributed by atoms with Crippen LogP contribution in [0.3, 0.4) is 0 Å². The number of hydrogen-bond donors (Lipinski definition) is 1. The van der Waals surface area contributed by atoms with Gasteiger partial charge in [-0.25, -0.2) is 0 Å². The maximum absolute atomic E-state index is 11.8. The number of aryl methyl sites for hydroxylation is 1. The molecule has 2 aromatic rings. The standard InChI is InChI=1S/C14H15N3O2/c1-11-4-3-7-17(14(11)19)10-13(18)16-9-12-5-2-6-15-8-12/h2-8H,9-10H2,1H3,(H,16,18). The number of carbonyl (C=O) groups is 1. The lowest BCUT2D eigenvalue weighted by Crippen LogP contribution is -2.32. The van der Waals surface area contributed by atoms with Crippen LogP contribution in [0.25, 0.3) is 0 Å². The van der Waals surface area contributed by atoms with Gasteiger partial charge in [0.2, 0.25) is 5.91 Å². The Morgan fingerprint density at radius 2 is 2.21 bits per heavy atom. The fourth-order valence-corrected chi connectivity index (χ4v) is 1.70. The van der Waals surface area contributed by atoms with Crippen molar-refractivity contribution in [3.63, 3.8) is 0 Å². The Bertz CT molecular complexity index is 620. The first kappa shape index (κ1) is 13.0. The second-order valence-corrected chi connectivity index (χ2v) is 4.26. The van der Waals surface area contributed by atoms with Gasteiger partial charge in [0.25, 0.3) is 5.56 Å². The summed E-state index contributed by atoms with van der Waals surface area (Å²) >= 11 is 0. The zero-order valence-electron chi connectivity index (χ0n) is 10.7. The van der Waals surface area contributed by atoms with Gasteiger partial charge in [-0.15, -0.1) is 0 Å². The Morgan fingerprint density at radius 3 is 2.95 bits per heavy atom. The highest BCUT2D eigenvalue weighted by Gasteiger charge is 2.05. The van der Waals surface area contributed by atoms with E-state index in [4.69, 9.17) is 0 Å². The molecule has 0 atom stereocenters. The summed E-state index contributed by atoms with van der Waals surface area (Å²) in [6.45, 7) is 2.17. The molecule has 0 radical (unpaired) electrons.